The van der Waals surface area contributed by atoms with Gasteiger partial charge in [-0.1, -0.05) is 41.4 Å². The summed E-state index contributed by atoms with van der Waals surface area (Å²) < 4.78 is 38.5. The van der Waals surface area contributed by atoms with Crippen LogP contribution in [0.4, 0.5) is 5.69 Å². The number of carbonyl (C=O) groups is 1. The monoisotopic (exact) mass is 494 g/mol. The lowest BCUT2D eigenvalue weighted by atomic mass is 10.2. The summed E-state index contributed by atoms with van der Waals surface area (Å²) in [5, 5.41) is 3.10. The number of methoxy groups -OCH3 is 1. The number of rotatable bonds is 9. The van der Waals surface area contributed by atoms with Crippen molar-refractivity contribution in [3.05, 3.63) is 82.3 Å². The van der Waals surface area contributed by atoms with E-state index in [4.69, 9.17) is 32.7 Å². The number of anilines is 1. The molecule has 0 spiro atoms. The highest BCUT2D eigenvalue weighted by Gasteiger charge is 2.16. The molecule has 2 N–H and O–H groups in total. The van der Waals surface area contributed by atoms with Gasteiger partial charge in [-0.25, -0.2) is 8.42 Å². The fourth-order valence-corrected chi connectivity index (χ4v) is 4.19. The minimum atomic E-state index is -3.91. The molecule has 0 aliphatic rings. The van der Waals surface area contributed by atoms with Crippen LogP contribution in [0.15, 0.2) is 71.6 Å². The van der Waals surface area contributed by atoms with Gasteiger partial charge in [0.15, 0.2) is 11.5 Å². The van der Waals surface area contributed by atoms with E-state index >= 15 is 0 Å². The molecule has 0 aliphatic heterocycles. The van der Waals surface area contributed by atoms with Crippen LogP contribution in [0.5, 0.6) is 11.5 Å². The highest BCUT2D eigenvalue weighted by atomic mass is 35.5. The van der Waals surface area contributed by atoms with Crippen LogP contribution in [0.25, 0.3) is 0 Å². The van der Waals surface area contributed by atoms with Gasteiger partial charge in [-0.2, -0.15) is 0 Å². The van der Waals surface area contributed by atoms with E-state index in [2.05, 4.69) is 10.0 Å². The van der Waals surface area contributed by atoms with Crippen LogP contribution in [0, 0.1) is 0 Å². The first-order valence-electron chi connectivity index (χ1n) is 9.42. The average Bonchev–Trinajstić information content (AvgIpc) is 2.78. The Morgan fingerprint density at radius 2 is 1.69 bits per heavy atom. The van der Waals surface area contributed by atoms with E-state index < -0.39 is 10.0 Å². The zero-order valence-electron chi connectivity index (χ0n) is 17.0. The predicted molar refractivity (Wildman–Crippen MR) is 125 cm³/mol. The Bertz CT molecular complexity index is 1220. The third-order valence-electron chi connectivity index (χ3n) is 4.29. The van der Waals surface area contributed by atoms with E-state index in [1.54, 1.807) is 31.4 Å². The van der Waals surface area contributed by atoms with Gasteiger partial charge in [-0.15, -0.1) is 0 Å². The molecule has 10 heteroatoms. The Morgan fingerprint density at radius 3 is 2.41 bits per heavy atom. The van der Waals surface area contributed by atoms with Crippen LogP contribution in [0.1, 0.15) is 10.4 Å². The van der Waals surface area contributed by atoms with Crippen molar-refractivity contribution in [3.63, 3.8) is 0 Å². The van der Waals surface area contributed by atoms with Crippen molar-refractivity contribution in [2.24, 2.45) is 0 Å². The highest BCUT2D eigenvalue weighted by molar-refractivity contribution is 7.92. The molecule has 0 heterocycles. The standard InChI is InChI=1S/C22H20Cl2N2O5S/c1-30-20-7-2-3-8-21(20)31-12-11-25-22(27)15-5-4-6-16(13-15)26-32(28,29)17-9-10-18(23)19(24)14-17/h2-10,13-14,26H,11-12H2,1H3,(H,25,27). The quantitative estimate of drug-likeness (QED) is 0.423. The van der Waals surface area contributed by atoms with Gasteiger partial charge in [0.05, 0.1) is 28.6 Å². The van der Waals surface area contributed by atoms with Crippen molar-refractivity contribution in [1.29, 1.82) is 0 Å². The van der Waals surface area contributed by atoms with Crippen LogP contribution >= 0.6 is 23.2 Å². The minimum Gasteiger partial charge on any atom is -0.493 e. The minimum absolute atomic E-state index is 0.0461. The van der Waals surface area contributed by atoms with Crippen LogP contribution < -0.4 is 19.5 Å². The average molecular weight is 495 g/mol. The Kier molecular flexibility index (Phi) is 7.84. The third-order valence-corrected chi connectivity index (χ3v) is 6.41. The van der Waals surface area contributed by atoms with E-state index in [1.807, 2.05) is 12.1 Å². The number of nitrogens with one attached hydrogen (secondary N) is 2. The van der Waals surface area contributed by atoms with E-state index in [0.29, 0.717) is 11.5 Å². The van der Waals surface area contributed by atoms with Gasteiger partial charge in [0, 0.05) is 11.3 Å². The Balaban J connectivity index is 1.60. The number of hydrogen-bond acceptors (Lipinski definition) is 5. The van der Waals surface area contributed by atoms with Gasteiger partial charge >= 0.3 is 0 Å². The van der Waals surface area contributed by atoms with Gasteiger partial charge in [0.1, 0.15) is 6.61 Å². The summed E-state index contributed by atoms with van der Waals surface area (Å²) in [7, 11) is -2.36. The molecule has 0 radical (unpaired) electrons. The van der Waals surface area contributed by atoms with Gasteiger partial charge < -0.3 is 14.8 Å². The number of para-hydroxylation sites is 2. The Hall–Kier alpha value is -2.94. The van der Waals surface area contributed by atoms with Crippen LogP contribution in [0.3, 0.4) is 0 Å². The second-order valence-corrected chi connectivity index (χ2v) is 9.01. The summed E-state index contributed by atoms with van der Waals surface area (Å²) in [5.74, 6) is 0.799. The number of amides is 1. The van der Waals surface area contributed by atoms with E-state index in [1.165, 1.54) is 30.3 Å². The lowest BCUT2D eigenvalue weighted by Crippen LogP contribution is -2.28. The molecule has 0 atom stereocenters. The van der Waals surface area contributed by atoms with Crippen LogP contribution in [-0.2, 0) is 10.0 Å². The number of hydrogen-bond donors (Lipinski definition) is 2. The third kappa shape index (κ3) is 6.06. The van der Waals surface area contributed by atoms with Gasteiger partial charge in [0.2, 0.25) is 0 Å². The van der Waals surface area contributed by atoms with Crippen molar-refractivity contribution in [2.75, 3.05) is 25.0 Å². The molecule has 7 nitrogen and oxygen atoms in total. The molecule has 0 saturated carbocycles. The normalized spacial score (nSPS) is 11.0. The smallest absolute Gasteiger partial charge is 0.261 e. The lowest BCUT2D eigenvalue weighted by molar-refractivity contribution is 0.0947. The predicted octanol–water partition coefficient (Wildman–Crippen LogP) is 4.61. The topological polar surface area (TPSA) is 93.7 Å². The highest BCUT2D eigenvalue weighted by Crippen LogP contribution is 2.27. The van der Waals surface area contributed by atoms with Gasteiger partial charge in [-0.3, -0.25) is 9.52 Å². The fourth-order valence-electron chi connectivity index (χ4n) is 2.75. The first-order valence-corrected chi connectivity index (χ1v) is 11.7. The molecule has 0 unspecified atom stereocenters. The molecule has 0 bridgehead atoms. The zero-order valence-corrected chi connectivity index (χ0v) is 19.3. The molecule has 0 fully saturated rings. The molecule has 168 valence electrons. The first-order chi connectivity index (χ1) is 15.3. The Morgan fingerprint density at radius 1 is 0.938 bits per heavy atom. The van der Waals surface area contributed by atoms with Crippen molar-refractivity contribution in [2.45, 2.75) is 4.90 Å². The lowest BCUT2D eigenvalue weighted by Gasteiger charge is -2.12. The fraction of sp³-hybridized carbons (Fsp3) is 0.136. The number of sulfonamides is 1. The summed E-state index contributed by atoms with van der Waals surface area (Å²) in [5.41, 5.74) is 0.519. The maximum atomic E-state index is 12.6. The molecule has 3 aromatic rings. The molecule has 1 amide bonds. The second-order valence-electron chi connectivity index (χ2n) is 6.52. The summed E-state index contributed by atoms with van der Waals surface area (Å²) >= 11 is 11.8. The van der Waals surface area contributed by atoms with Crippen molar-refractivity contribution < 1.29 is 22.7 Å². The molecule has 0 saturated heterocycles. The number of benzene rings is 3. The van der Waals surface area contributed by atoms with Gasteiger partial charge in [0.25, 0.3) is 15.9 Å². The maximum Gasteiger partial charge on any atom is 0.261 e. The molecule has 0 aliphatic carbocycles. The molecule has 3 aromatic carbocycles. The second kappa shape index (κ2) is 10.6. The van der Waals surface area contributed by atoms with Crippen molar-refractivity contribution in [1.82, 2.24) is 5.32 Å². The Labute approximate surface area is 196 Å². The molecule has 0 aromatic heterocycles. The number of ether oxygens (including phenoxy) is 2. The maximum absolute atomic E-state index is 12.6. The van der Waals surface area contributed by atoms with Crippen molar-refractivity contribution >= 4 is 44.8 Å². The largest absolute Gasteiger partial charge is 0.493 e. The summed E-state index contributed by atoms with van der Waals surface area (Å²) in [6, 6.07) is 17.3. The molecule has 32 heavy (non-hydrogen) atoms. The van der Waals surface area contributed by atoms with E-state index in [0.717, 1.165) is 0 Å². The number of carbonyl (C=O) groups excluding carboxylic acids is 1. The van der Waals surface area contributed by atoms with Crippen LogP contribution in [-0.4, -0.2) is 34.6 Å². The molecular weight excluding hydrogens is 475 g/mol. The van der Waals surface area contributed by atoms with E-state index in [-0.39, 0.29) is 45.3 Å². The number of halogens is 2. The SMILES string of the molecule is COc1ccccc1OCCNC(=O)c1cccc(NS(=O)(=O)c2ccc(Cl)c(Cl)c2)c1. The summed E-state index contributed by atoms with van der Waals surface area (Å²) in [6.45, 7) is 0.478. The molecular formula is C22H20Cl2N2O5S. The first kappa shape index (κ1) is 23.7. The van der Waals surface area contributed by atoms with Gasteiger partial charge in [-0.05, 0) is 48.5 Å². The van der Waals surface area contributed by atoms with E-state index in [9.17, 15) is 13.2 Å². The zero-order chi connectivity index (χ0) is 23.1. The van der Waals surface area contributed by atoms with Crippen molar-refractivity contribution in [3.8, 4) is 11.5 Å². The molecule has 3 rings (SSSR count). The summed E-state index contributed by atoms with van der Waals surface area (Å²) in [4.78, 5) is 12.4. The van der Waals surface area contributed by atoms with Crippen LogP contribution in [0.2, 0.25) is 10.0 Å². The summed E-state index contributed by atoms with van der Waals surface area (Å²) in [6.07, 6.45) is 0.